The molecule has 1 aromatic heterocycles. The molecule has 0 fully saturated rings. The van der Waals surface area contributed by atoms with Crippen LogP contribution in [0.15, 0.2) is 65.8 Å². The Morgan fingerprint density at radius 2 is 1.80 bits per heavy atom. The summed E-state index contributed by atoms with van der Waals surface area (Å²) >= 11 is 0. The highest BCUT2D eigenvalue weighted by molar-refractivity contribution is 5.80. The number of hydrogen-bond donors (Lipinski definition) is 1. The van der Waals surface area contributed by atoms with E-state index in [0.717, 1.165) is 16.8 Å². The first kappa shape index (κ1) is 16.3. The van der Waals surface area contributed by atoms with Crippen molar-refractivity contribution < 1.29 is 4.92 Å². The van der Waals surface area contributed by atoms with Crippen LogP contribution >= 0.6 is 0 Å². The predicted molar refractivity (Wildman–Crippen MR) is 96.5 cm³/mol. The van der Waals surface area contributed by atoms with Crippen molar-refractivity contribution in [2.24, 2.45) is 5.10 Å². The van der Waals surface area contributed by atoms with Gasteiger partial charge < -0.3 is 0 Å². The van der Waals surface area contributed by atoms with E-state index in [9.17, 15) is 10.1 Å². The number of rotatable bonds is 5. The highest BCUT2D eigenvalue weighted by Gasteiger charge is 2.04. The van der Waals surface area contributed by atoms with E-state index in [-0.39, 0.29) is 5.69 Å². The number of nitrogens with zero attached hydrogens (tertiary/aromatic N) is 4. The molecular weight excluding hydrogens is 318 g/mol. The molecule has 3 rings (SSSR count). The molecule has 124 valence electrons. The molecule has 0 amide bonds. The third-order valence-corrected chi connectivity index (χ3v) is 3.40. The van der Waals surface area contributed by atoms with E-state index < -0.39 is 4.92 Å². The monoisotopic (exact) mass is 333 g/mol. The van der Waals surface area contributed by atoms with E-state index in [4.69, 9.17) is 0 Å². The van der Waals surface area contributed by atoms with Crippen LogP contribution in [0, 0.1) is 17.0 Å². The van der Waals surface area contributed by atoms with E-state index in [1.807, 2.05) is 43.3 Å². The Morgan fingerprint density at radius 1 is 1.08 bits per heavy atom. The first-order valence-corrected chi connectivity index (χ1v) is 7.56. The van der Waals surface area contributed by atoms with Gasteiger partial charge in [-0.3, -0.25) is 15.5 Å². The van der Waals surface area contributed by atoms with Crippen molar-refractivity contribution in [1.82, 2.24) is 9.97 Å². The molecule has 0 bridgehead atoms. The molecule has 25 heavy (non-hydrogen) atoms. The average Bonchev–Trinajstić information content (AvgIpc) is 2.62. The molecule has 0 atom stereocenters. The van der Waals surface area contributed by atoms with E-state index in [1.54, 1.807) is 18.3 Å². The number of hydrazone groups is 1. The highest BCUT2D eigenvalue weighted by Crippen LogP contribution is 2.19. The van der Waals surface area contributed by atoms with Gasteiger partial charge in [-0.2, -0.15) is 5.10 Å². The summed E-state index contributed by atoms with van der Waals surface area (Å²) in [6, 6.07) is 17.7. The number of nitro benzene ring substituents is 1. The average molecular weight is 333 g/mol. The largest absolute Gasteiger partial charge is 0.269 e. The lowest BCUT2D eigenvalue weighted by Gasteiger charge is -2.05. The molecule has 7 heteroatoms. The van der Waals surface area contributed by atoms with E-state index in [1.165, 1.54) is 12.1 Å². The van der Waals surface area contributed by atoms with Gasteiger partial charge in [0.1, 0.15) is 11.6 Å². The second-order valence-electron chi connectivity index (χ2n) is 5.27. The molecule has 1 heterocycles. The molecule has 0 aliphatic heterocycles. The van der Waals surface area contributed by atoms with Gasteiger partial charge in [0.15, 0.2) is 0 Å². The fourth-order valence-electron chi connectivity index (χ4n) is 2.24. The van der Waals surface area contributed by atoms with Crippen LogP contribution in [0.3, 0.4) is 0 Å². The van der Waals surface area contributed by atoms with E-state index in [0.29, 0.717) is 11.6 Å². The first-order chi connectivity index (χ1) is 12.1. The Morgan fingerprint density at radius 3 is 2.48 bits per heavy atom. The summed E-state index contributed by atoms with van der Waals surface area (Å²) < 4.78 is 0. The summed E-state index contributed by atoms with van der Waals surface area (Å²) in [6.45, 7) is 1.82. The SMILES string of the molecule is Cc1nc(NN=Cc2ccc([N+](=O)[O-])cc2)cc(-c2ccccc2)n1. The van der Waals surface area contributed by atoms with Crippen molar-refractivity contribution in [1.29, 1.82) is 0 Å². The number of benzene rings is 2. The molecular formula is C18H15N5O2. The number of non-ortho nitro benzene ring substituents is 1. The minimum absolute atomic E-state index is 0.0454. The highest BCUT2D eigenvalue weighted by atomic mass is 16.6. The minimum atomic E-state index is -0.437. The van der Waals surface area contributed by atoms with Gasteiger partial charge >= 0.3 is 0 Å². The predicted octanol–water partition coefficient (Wildman–Crippen LogP) is 3.81. The third kappa shape index (κ3) is 4.23. The summed E-state index contributed by atoms with van der Waals surface area (Å²) in [5, 5.41) is 14.8. The van der Waals surface area contributed by atoms with Crippen LogP contribution < -0.4 is 5.43 Å². The smallest absolute Gasteiger partial charge is 0.261 e. The van der Waals surface area contributed by atoms with Crippen molar-refractivity contribution >= 4 is 17.7 Å². The van der Waals surface area contributed by atoms with E-state index >= 15 is 0 Å². The van der Waals surface area contributed by atoms with Crippen LogP contribution in [0.25, 0.3) is 11.3 Å². The first-order valence-electron chi connectivity index (χ1n) is 7.56. The number of nitro groups is 1. The molecule has 1 N–H and O–H groups in total. The van der Waals surface area contributed by atoms with Crippen LogP contribution in [0.2, 0.25) is 0 Å². The Labute approximate surface area is 144 Å². The lowest BCUT2D eigenvalue weighted by Crippen LogP contribution is -1.99. The van der Waals surface area contributed by atoms with Crippen molar-refractivity contribution in [2.75, 3.05) is 5.43 Å². The summed E-state index contributed by atoms with van der Waals surface area (Å²) in [7, 11) is 0. The summed E-state index contributed by atoms with van der Waals surface area (Å²) in [4.78, 5) is 18.9. The Balaban J connectivity index is 1.74. The zero-order valence-corrected chi connectivity index (χ0v) is 13.5. The van der Waals surface area contributed by atoms with Crippen molar-refractivity contribution in [2.45, 2.75) is 6.92 Å². The maximum Gasteiger partial charge on any atom is 0.269 e. The van der Waals surface area contributed by atoms with Gasteiger partial charge in [-0.05, 0) is 24.6 Å². The van der Waals surface area contributed by atoms with Gasteiger partial charge in [-0.15, -0.1) is 0 Å². The second-order valence-corrected chi connectivity index (χ2v) is 5.27. The van der Waals surface area contributed by atoms with Gasteiger partial charge in [0.05, 0.1) is 16.8 Å². The molecule has 3 aromatic rings. The van der Waals surface area contributed by atoms with Crippen LogP contribution in [0.5, 0.6) is 0 Å². The third-order valence-electron chi connectivity index (χ3n) is 3.40. The number of hydrogen-bond acceptors (Lipinski definition) is 6. The molecule has 0 unspecified atom stereocenters. The summed E-state index contributed by atoms with van der Waals surface area (Å²) in [5.41, 5.74) is 5.46. The standard InChI is InChI=1S/C18H15N5O2/c1-13-20-17(15-5-3-2-4-6-15)11-18(21-13)22-19-12-14-7-9-16(10-8-14)23(24)25/h2-12H,1H3,(H,20,21,22). The lowest BCUT2D eigenvalue weighted by atomic mass is 10.1. The molecule has 0 aliphatic carbocycles. The van der Waals surface area contributed by atoms with Crippen molar-refractivity contribution in [3.05, 3.63) is 82.2 Å². The number of aryl methyl sites for hydroxylation is 1. The maximum absolute atomic E-state index is 10.6. The van der Waals surface area contributed by atoms with Gasteiger partial charge in [-0.1, -0.05) is 30.3 Å². The number of anilines is 1. The van der Waals surface area contributed by atoms with Crippen molar-refractivity contribution in [3.63, 3.8) is 0 Å². The lowest BCUT2D eigenvalue weighted by molar-refractivity contribution is -0.384. The minimum Gasteiger partial charge on any atom is -0.261 e. The number of aromatic nitrogens is 2. The Bertz CT molecular complexity index is 909. The van der Waals surface area contributed by atoms with Crippen molar-refractivity contribution in [3.8, 4) is 11.3 Å². The maximum atomic E-state index is 10.6. The topological polar surface area (TPSA) is 93.3 Å². The van der Waals surface area contributed by atoms with Crippen LogP contribution in [0.4, 0.5) is 11.5 Å². The second kappa shape index (κ2) is 7.31. The molecule has 2 aromatic carbocycles. The van der Waals surface area contributed by atoms with Crippen LogP contribution in [0.1, 0.15) is 11.4 Å². The molecule has 0 aliphatic rings. The Hall–Kier alpha value is -3.61. The van der Waals surface area contributed by atoms with E-state index in [2.05, 4.69) is 20.5 Å². The van der Waals surface area contributed by atoms with Gasteiger partial charge in [0, 0.05) is 23.8 Å². The van der Waals surface area contributed by atoms with Crippen LogP contribution in [-0.2, 0) is 0 Å². The molecule has 0 radical (unpaired) electrons. The van der Waals surface area contributed by atoms with Gasteiger partial charge in [-0.25, -0.2) is 9.97 Å². The molecule has 0 saturated heterocycles. The quantitative estimate of drug-likeness (QED) is 0.435. The fraction of sp³-hybridized carbons (Fsp3) is 0.0556. The van der Waals surface area contributed by atoms with Gasteiger partial charge in [0.2, 0.25) is 0 Å². The summed E-state index contributed by atoms with van der Waals surface area (Å²) in [5.74, 6) is 1.21. The Kier molecular flexibility index (Phi) is 4.75. The number of nitrogens with one attached hydrogen (secondary N) is 1. The fourth-order valence-corrected chi connectivity index (χ4v) is 2.24. The normalized spacial score (nSPS) is 10.8. The van der Waals surface area contributed by atoms with Gasteiger partial charge in [0.25, 0.3) is 5.69 Å². The summed E-state index contributed by atoms with van der Waals surface area (Å²) in [6.07, 6.45) is 1.57. The zero-order valence-electron chi connectivity index (χ0n) is 13.5. The molecule has 7 nitrogen and oxygen atoms in total. The van der Waals surface area contributed by atoms with Crippen LogP contribution in [-0.4, -0.2) is 21.1 Å². The zero-order chi connectivity index (χ0) is 17.6. The molecule has 0 saturated carbocycles. The molecule has 0 spiro atoms.